The van der Waals surface area contributed by atoms with Crippen LogP contribution in [0, 0.1) is 18.8 Å². The zero-order valence-corrected chi connectivity index (χ0v) is 19.6. The van der Waals surface area contributed by atoms with Crippen LogP contribution >= 0.6 is 0 Å². The van der Waals surface area contributed by atoms with E-state index in [4.69, 9.17) is 0 Å². The van der Waals surface area contributed by atoms with E-state index < -0.39 is 10.0 Å². The van der Waals surface area contributed by atoms with Gasteiger partial charge in [-0.25, -0.2) is 8.42 Å². The lowest BCUT2D eigenvalue weighted by Gasteiger charge is -2.50. The molecule has 1 N–H and O–H groups in total. The standard InChI is InChI=1S/C26H31N3O2S/c1-18-6-7-20(13-25(18)28-32(2,30)31)17-29-16-19-8-9-26(29)23(12-19)14-21-4-3-5-22-15-27-11-10-24(21)22/h3-7,10-11,13,15,19,23,26,28H,8-9,12,14,16-17H2,1-2H3. The summed E-state index contributed by atoms with van der Waals surface area (Å²) in [4.78, 5) is 6.93. The molecular weight excluding hydrogens is 418 g/mol. The van der Waals surface area contributed by atoms with E-state index in [0.717, 1.165) is 31.0 Å². The fourth-order valence-electron chi connectivity index (χ4n) is 5.82. The van der Waals surface area contributed by atoms with E-state index in [1.165, 1.54) is 47.4 Å². The highest BCUT2D eigenvalue weighted by Gasteiger charge is 2.40. The summed E-state index contributed by atoms with van der Waals surface area (Å²) in [7, 11) is -3.29. The van der Waals surface area contributed by atoms with E-state index in [2.05, 4.69) is 44.9 Å². The number of benzene rings is 2. The molecule has 2 aromatic carbocycles. The normalized spacial score (nSPS) is 23.5. The second kappa shape index (κ2) is 8.49. The van der Waals surface area contributed by atoms with Crippen LogP contribution in [0.5, 0.6) is 0 Å². The first-order valence-electron chi connectivity index (χ1n) is 11.5. The number of anilines is 1. The molecule has 3 aromatic rings. The topological polar surface area (TPSA) is 62.3 Å². The molecule has 3 heterocycles. The van der Waals surface area contributed by atoms with Crippen molar-refractivity contribution in [3.63, 3.8) is 0 Å². The fraction of sp³-hybridized carbons (Fsp3) is 0.423. The molecule has 168 valence electrons. The highest BCUT2D eigenvalue weighted by atomic mass is 32.2. The van der Waals surface area contributed by atoms with Gasteiger partial charge in [0.2, 0.25) is 10.0 Å². The van der Waals surface area contributed by atoms with Crippen LogP contribution in [0.15, 0.2) is 54.9 Å². The van der Waals surface area contributed by atoms with Crippen molar-refractivity contribution in [1.82, 2.24) is 9.88 Å². The Kier molecular flexibility index (Phi) is 5.68. The SMILES string of the molecule is Cc1ccc(CN2CC3CCC2C(Cc2cccc4cnccc24)C3)cc1NS(C)(=O)=O. The Morgan fingerprint density at radius 3 is 2.84 bits per heavy atom. The van der Waals surface area contributed by atoms with Gasteiger partial charge < -0.3 is 0 Å². The van der Waals surface area contributed by atoms with Crippen LogP contribution < -0.4 is 4.72 Å². The molecule has 2 saturated heterocycles. The van der Waals surface area contributed by atoms with Gasteiger partial charge in [0, 0.05) is 36.9 Å². The third-order valence-electron chi connectivity index (χ3n) is 7.25. The summed E-state index contributed by atoms with van der Waals surface area (Å²) < 4.78 is 26.2. The quantitative estimate of drug-likeness (QED) is 0.589. The molecule has 1 aromatic heterocycles. The lowest BCUT2D eigenvalue weighted by atomic mass is 9.70. The van der Waals surface area contributed by atoms with E-state index in [1.54, 1.807) is 0 Å². The second-order valence-corrected chi connectivity index (χ2v) is 11.4. The van der Waals surface area contributed by atoms with Gasteiger partial charge in [-0.05, 0) is 78.7 Å². The Labute approximate surface area is 190 Å². The monoisotopic (exact) mass is 449 g/mol. The molecule has 3 aliphatic rings. The van der Waals surface area contributed by atoms with Crippen molar-refractivity contribution in [2.45, 2.75) is 45.2 Å². The summed E-state index contributed by atoms with van der Waals surface area (Å²) in [6.45, 7) is 3.95. The number of nitrogens with one attached hydrogen (secondary N) is 1. The molecule has 0 amide bonds. The van der Waals surface area contributed by atoms with Crippen LogP contribution in [-0.2, 0) is 23.0 Å². The zero-order valence-electron chi connectivity index (χ0n) is 18.8. The van der Waals surface area contributed by atoms with Crippen molar-refractivity contribution in [1.29, 1.82) is 0 Å². The molecule has 2 bridgehead atoms. The number of piperidine rings is 2. The molecule has 1 saturated carbocycles. The number of fused-ring (bicyclic) bond motifs is 4. The molecule has 32 heavy (non-hydrogen) atoms. The van der Waals surface area contributed by atoms with Gasteiger partial charge in [-0.15, -0.1) is 0 Å². The summed E-state index contributed by atoms with van der Waals surface area (Å²) in [6, 6.07) is 15.5. The van der Waals surface area contributed by atoms with E-state index in [9.17, 15) is 8.42 Å². The van der Waals surface area contributed by atoms with E-state index in [1.807, 2.05) is 31.5 Å². The highest BCUT2D eigenvalue weighted by Crippen LogP contribution is 2.42. The number of hydrogen-bond donors (Lipinski definition) is 1. The second-order valence-electron chi connectivity index (χ2n) is 9.68. The number of hydrogen-bond acceptors (Lipinski definition) is 4. The molecule has 2 aliphatic heterocycles. The number of sulfonamides is 1. The molecule has 5 nitrogen and oxygen atoms in total. The van der Waals surface area contributed by atoms with Crippen LogP contribution in [-0.4, -0.2) is 37.1 Å². The summed E-state index contributed by atoms with van der Waals surface area (Å²) in [5, 5.41) is 2.54. The maximum atomic E-state index is 11.7. The molecule has 3 fully saturated rings. The number of aryl methyl sites for hydroxylation is 1. The Bertz CT molecular complexity index is 1240. The van der Waals surface area contributed by atoms with E-state index in [-0.39, 0.29) is 0 Å². The minimum Gasteiger partial charge on any atom is -0.296 e. The van der Waals surface area contributed by atoms with Crippen molar-refractivity contribution in [3.8, 4) is 0 Å². The van der Waals surface area contributed by atoms with Gasteiger partial charge in [0.1, 0.15) is 0 Å². The Morgan fingerprint density at radius 2 is 2.03 bits per heavy atom. The maximum absolute atomic E-state index is 11.7. The smallest absolute Gasteiger partial charge is 0.229 e. The van der Waals surface area contributed by atoms with Crippen molar-refractivity contribution in [2.24, 2.45) is 11.8 Å². The highest BCUT2D eigenvalue weighted by molar-refractivity contribution is 7.92. The molecule has 6 rings (SSSR count). The molecule has 3 atom stereocenters. The molecule has 3 unspecified atom stereocenters. The largest absolute Gasteiger partial charge is 0.296 e. The Hall–Kier alpha value is -2.44. The average Bonchev–Trinajstić information content (AvgIpc) is 2.76. The number of pyridine rings is 1. The average molecular weight is 450 g/mol. The molecule has 0 spiro atoms. The van der Waals surface area contributed by atoms with Gasteiger partial charge in [-0.3, -0.25) is 14.6 Å². The van der Waals surface area contributed by atoms with Crippen molar-refractivity contribution < 1.29 is 8.42 Å². The number of nitrogens with zero attached hydrogens (tertiary/aromatic N) is 2. The first-order valence-corrected chi connectivity index (χ1v) is 13.4. The summed E-state index contributed by atoms with van der Waals surface area (Å²) in [5.41, 5.74) is 4.23. The fourth-order valence-corrected chi connectivity index (χ4v) is 6.44. The maximum Gasteiger partial charge on any atom is 0.229 e. The van der Waals surface area contributed by atoms with Crippen LogP contribution in [0.2, 0.25) is 0 Å². The van der Waals surface area contributed by atoms with Gasteiger partial charge >= 0.3 is 0 Å². The first kappa shape index (κ1) is 21.4. The summed E-state index contributed by atoms with van der Waals surface area (Å²) >= 11 is 0. The number of rotatable bonds is 6. The predicted molar refractivity (Wildman–Crippen MR) is 130 cm³/mol. The Morgan fingerprint density at radius 1 is 1.16 bits per heavy atom. The van der Waals surface area contributed by atoms with Crippen LogP contribution in [0.25, 0.3) is 10.8 Å². The van der Waals surface area contributed by atoms with Crippen molar-refractivity contribution >= 4 is 26.5 Å². The van der Waals surface area contributed by atoms with Gasteiger partial charge in [0.05, 0.1) is 11.9 Å². The predicted octanol–water partition coefficient (Wildman–Crippen LogP) is 4.76. The third-order valence-corrected chi connectivity index (χ3v) is 7.84. The van der Waals surface area contributed by atoms with E-state index >= 15 is 0 Å². The molecular formula is C26H31N3O2S. The van der Waals surface area contributed by atoms with Crippen molar-refractivity contribution in [3.05, 3.63) is 71.5 Å². The van der Waals surface area contributed by atoms with Gasteiger partial charge in [-0.2, -0.15) is 0 Å². The lowest BCUT2D eigenvalue weighted by molar-refractivity contribution is -0.00420. The molecule has 1 aliphatic carbocycles. The minimum absolute atomic E-state index is 0.574. The summed E-state index contributed by atoms with van der Waals surface area (Å²) in [6.07, 6.45) is 10.0. The molecule has 0 radical (unpaired) electrons. The van der Waals surface area contributed by atoms with Crippen LogP contribution in [0.3, 0.4) is 0 Å². The van der Waals surface area contributed by atoms with Gasteiger partial charge in [0.25, 0.3) is 0 Å². The summed E-state index contributed by atoms with van der Waals surface area (Å²) in [5.74, 6) is 1.40. The van der Waals surface area contributed by atoms with Gasteiger partial charge in [0.15, 0.2) is 0 Å². The van der Waals surface area contributed by atoms with E-state index in [0.29, 0.717) is 17.6 Å². The Balaban J connectivity index is 1.36. The molecule has 6 heteroatoms. The zero-order chi connectivity index (χ0) is 22.3. The first-order chi connectivity index (χ1) is 15.4. The van der Waals surface area contributed by atoms with Crippen molar-refractivity contribution in [2.75, 3.05) is 17.5 Å². The number of aromatic nitrogens is 1. The third kappa shape index (κ3) is 4.52. The minimum atomic E-state index is -3.29. The van der Waals surface area contributed by atoms with Gasteiger partial charge in [-0.1, -0.05) is 30.3 Å². The van der Waals surface area contributed by atoms with Crippen LogP contribution in [0.1, 0.15) is 36.0 Å². The van der Waals surface area contributed by atoms with Crippen LogP contribution in [0.4, 0.5) is 5.69 Å². The lowest BCUT2D eigenvalue weighted by Crippen LogP contribution is -2.53.